The minimum absolute atomic E-state index is 0.297. The first-order valence-electron chi connectivity index (χ1n) is 6.42. The highest BCUT2D eigenvalue weighted by molar-refractivity contribution is 9.10. The van der Waals surface area contributed by atoms with Crippen LogP contribution in [0, 0.1) is 11.8 Å². The lowest BCUT2D eigenvalue weighted by molar-refractivity contribution is 0.224. The molecule has 0 bridgehead atoms. The Morgan fingerprint density at radius 1 is 1.29 bits per heavy atom. The van der Waals surface area contributed by atoms with Crippen LogP contribution >= 0.6 is 15.9 Å². The van der Waals surface area contributed by atoms with Crippen LogP contribution in [0.4, 0.5) is 0 Å². The van der Waals surface area contributed by atoms with Gasteiger partial charge in [0.2, 0.25) is 0 Å². The van der Waals surface area contributed by atoms with E-state index >= 15 is 0 Å². The second-order valence-corrected chi connectivity index (χ2v) is 6.14. The number of hydrogen-bond acceptors (Lipinski definition) is 2. The van der Waals surface area contributed by atoms with E-state index in [-0.39, 0.29) is 0 Å². The molecule has 3 heteroatoms. The number of halogens is 1. The number of hydrogen-bond donors (Lipinski definition) is 2. The van der Waals surface area contributed by atoms with E-state index in [0.29, 0.717) is 12.0 Å². The Labute approximate surface area is 112 Å². The van der Waals surface area contributed by atoms with Crippen molar-refractivity contribution >= 4 is 15.9 Å². The third-order valence-electron chi connectivity index (χ3n) is 3.86. The van der Waals surface area contributed by atoms with Crippen molar-refractivity contribution in [3.8, 4) is 0 Å². The summed E-state index contributed by atoms with van der Waals surface area (Å²) in [5.74, 6) is 7.26. The highest BCUT2D eigenvalue weighted by Gasteiger charge is 2.26. The van der Waals surface area contributed by atoms with Crippen molar-refractivity contribution < 1.29 is 0 Å². The van der Waals surface area contributed by atoms with Crippen LogP contribution in [0.1, 0.15) is 44.2 Å². The summed E-state index contributed by atoms with van der Waals surface area (Å²) in [5, 5.41) is 0. The smallest absolute Gasteiger partial charge is 0.0488 e. The second kappa shape index (κ2) is 5.98. The summed E-state index contributed by atoms with van der Waals surface area (Å²) in [6.45, 7) is 2.35. The predicted molar refractivity (Wildman–Crippen MR) is 75.3 cm³/mol. The molecule has 3 N–H and O–H groups in total. The number of nitrogens with two attached hydrogens (primary N) is 1. The molecule has 0 amide bonds. The average Bonchev–Trinajstić information content (AvgIpc) is 2.33. The van der Waals surface area contributed by atoms with Gasteiger partial charge in [0.15, 0.2) is 0 Å². The number of rotatable bonds is 3. The summed E-state index contributed by atoms with van der Waals surface area (Å²) in [6.07, 6.45) is 5.27. The van der Waals surface area contributed by atoms with Crippen LogP contribution in [-0.4, -0.2) is 0 Å². The quantitative estimate of drug-likeness (QED) is 0.658. The Kier molecular flexibility index (Phi) is 4.60. The van der Waals surface area contributed by atoms with Crippen LogP contribution in [-0.2, 0) is 0 Å². The summed E-state index contributed by atoms with van der Waals surface area (Å²) in [7, 11) is 0. The van der Waals surface area contributed by atoms with Gasteiger partial charge in [-0.25, -0.2) is 0 Å². The van der Waals surface area contributed by atoms with Gasteiger partial charge in [-0.15, -0.1) is 0 Å². The van der Waals surface area contributed by atoms with Crippen LogP contribution in [0.2, 0.25) is 0 Å². The van der Waals surface area contributed by atoms with Crippen molar-refractivity contribution in [1.29, 1.82) is 0 Å². The Balaban J connectivity index is 2.12. The molecule has 1 aromatic rings. The number of nitrogens with one attached hydrogen (secondary N) is 1. The summed E-state index contributed by atoms with van der Waals surface area (Å²) >= 11 is 3.47. The molecule has 17 heavy (non-hydrogen) atoms. The van der Waals surface area contributed by atoms with Crippen molar-refractivity contribution in [3.05, 3.63) is 34.3 Å². The van der Waals surface area contributed by atoms with Gasteiger partial charge in [0.25, 0.3) is 0 Å². The maximum atomic E-state index is 5.76. The molecule has 0 aliphatic heterocycles. The maximum absolute atomic E-state index is 5.76. The molecule has 2 nitrogen and oxygen atoms in total. The van der Waals surface area contributed by atoms with Gasteiger partial charge < -0.3 is 0 Å². The van der Waals surface area contributed by atoms with E-state index < -0.39 is 0 Å². The highest BCUT2D eigenvalue weighted by Crippen LogP contribution is 2.36. The molecule has 0 aromatic heterocycles. The zero-order valence-electron chi connectivity index (χ0n) is 10.3. The summed E-state index contributed by atoms with van der Waals surface area (Å²) < 4.78 is 1.12. The first-order chi connectivity index (χ1) is 8.20. The lowest BCUT2D eigenvalue weighted by atomic mass is 9.77. The van der Waals surface area contributed by atoms with Gasteiger partial charge in [-0.1, -0.05) is 47.8 Å². The minimum atomic E-state index is 0.297. The van der Waals surface area contributed by atoms with E-state index in [4.69, 9.17) is 5.84 Å². The monoisotopic (exact) mass is 296 g/mol. The van der Waals surface area contributed by atoms with Gasteiger partial charge in [0.1, 0.15) is 0 Å². The van der Waals surface area contributed by atoms with Gasteiger partial charge >= 0.3 is 0 Å². The summed E-state index contributed by atoms with van der Waals surface area (Å²) in [5.41, 5.74) is 4.31. The molecule has 2 rings (SSSR count). The Morgan fingerprint density at radius 3 is 2.59 bits per heavy atom. The fraction of sp³-hybridized carbons (Fsp3) is 0.571. The first-order valence-corrected chi connectivity index (χ1v) is 7.21. The number of benzene rings is 1. The van der Waals surface area contributed by atoms with Crippen molar-refractivity contribution in [3.63, 3.8) is 0 Å². The largest absolute Gasteiger partial charge is 0.271 e. The zero-order valence-corrected chi connectivity index (χ0v) is 11.9. The molecule has 1 fully saturated rings. The van der Waals surface area contributed by atoms with E-state index in [2.05, 4.69) is 52.5 Å². The SMILES string of the molecule is CC1CCCC(C(NN)c2ccc(Br)cc2)C1. The van der Waals surface area contributed by atoms with Crippen molar-refractivity contribution in [1.82, 2.24) is 5.43 Å². The summed E-state index contributed by atoms with van der Waals surface area (Å²) in [6, 6.07) is 8.80. The fourth-order valence-corrected chi connectivity index (χ4v) is 3.22. The van der Waals surface area contributed by atoms with Gasteiger partial charge in [0.05, 0.1) is 0 Å². The molecule has 3 unspecified atom stereocenters. The molecule has 1 aliphatic carbocycles. The molecule has 1 aliphatic rings. The van der Waals surface area contributed by atoms with Gasteiger partial charge in [0, 0.05) is 10.5 Å². The first kappa shape index (κ1) is 13.1. The summed E-state index contributed by atoms with van der Waals surface area (Å²) in [4.78, 5) is 0. The molecule has 3 atom stereocenters. The fourth-order valence-electron chi connectivity index (χ4n) is 2.96. The maximum Gasteiger partial charge on any atom is 0.0488 e. The number of hydrazine groups is 1. The van der Waals surface area contributed by atoms with Crippen LogP contribution in [0.3, 0.4) is 0 Å². The lowest BCUT2D eigenvalue weighted by Crippen LogP contribution is -2.35. The Morgan fingerprint density at radius 2 is 2.00 bits per heavy atom. The van der Waals surface area contributed by atoms with Crippen molar-refractivity contribution in [2.75, 3.05) is 0 Å². The standard InChI is InChI=1S/C14H21BrN2/c1-10-3-2-4-12(9-10)14(17-16)11-5-7-13(15)8-6-11/h5-8,10,12,14,17H,2-4,9,16H2,1H3. The van der Waals surface area contributed by atoms with Crippen LogP contribution < -0.4 is 11.3 Å². The van der Waals surface area contributed by atoms with Crippen LogP contribution in [0.15, 0.2) is 28.7 Å². The van der Waals surface area contributed by atoms with E-state index in [1.165, 1.54) is 31.2 Å². The topological polar surface area (TPSA) is 38.0 Å². The third kappa shape index (κ3) is 3.30. The third-order valence-corrected chi connectivity index (χ3v) is 4.39. The molecule has 0 saturated heterocycles. The van der Waals surface area contributed by atoms with Crippen molar-refractivity contribution in [2.45, 2.75) is 38.6 Å². The van der Waals surface area contributed by atoms with Gasteiger partial charge in [-0.2, -0.15) is 0 Å². The minimum Gasteiger partial charge on any atom is -0.271 e. The molecule has 0 spiro atoms. The molecule has 0 heterocycles. The van der Waals surface area contributed by atoms with Crippen molar-refractivity contribution in [2.24, 2.45) is 17.7 Å². The van der Waals surface area contributed by atoms with Crippen LogP contribution in [0.5, 0.6) is 0 Å². The van der Waals surface area contributed by atoms with Gasteiger partial charge in [-0.05, 0) is 42.4 Å². The molecule has 94 valence electrons. The molecular weight excluding hydrogens is 276 g/mol. The van der Waals surface area contributed by atoms with Crippen LogP contribution in [0.25, 0.3) is 0 Å². The Bertz CT molecular complexity index is 350. The van der Waals surface area contributed by atoms with E-state index in [9.17, 15) is 0 Å². The normalized spacial score (nSPS) is 26.8. The zero-order chi connectivity index (χ0) is 12.3. The lowest BCUT2D eigenvalue weighted by Gasteiger charge is -2.33. The van der Waals surface area contributed by atoms with E-state index in [1.807, 2.05) is 0 Å². The molecular formula is C14H21BrN2. The Hall–Kier alpha value is -0.380. The van der Waals surface area contributed by atoms with E-state index in [0.717, 1.165) is 10.4 Å². The predicted octanol–water partition coefficient (Wildman–Crippen LogP) is 3.78. The van der Waals surface area contributed by atoms with Gasteiger partial charge in [-0.3, -0.25) is 11.3 Å². The second-order valence-electron chi connectivity index (χ2n) is 5.23. The molecule has 1 aromatic carbocycles. The van der Waals surface area contributed by atoms with E-state index in [1.54, 1.807) is 0 Å². The average molecular weight is 297 g/mol. The molecule has 0 radical (unpaired) electrons. The highest BCUT2D eigenvalue weighted by atomic mass is 79.9. The molecule has 1 saturated carbocycles.